The summed E-state index contributed by atoms with van der Waals surface area (Å²) in [6.45, 7) is 8.81. The van der Waals surface area contributed by atoms with Crippen molar-refractivity contribution in [2.75, 3.05) is 0 Å². The number of nitrogens with one attached hydrogen (secondary N) is 1. The van der Waals surface area contributed by atoms with Gasteiger partial charge in [0, 0.05) is 6.04 Å². The number of rotatable bonds is 4. The fourth-order valence-corrected chi connectivity index (χ4v) is 1.88. The number of hydrogen-bond acceptors (Lipinski definition) is 5. The molecule has 1 heterocycles. The molecule has 1 unspecified atom stereocenters. The molecule has 0 bridgehead atoms. The Kier molecular flexibility index (Phi) is 4.02. The van der Waals surface area contributed by atoms with Gasteiger partial charge >= 0.3 is 5.97 Å². The first-order valence-electron chi connectivity index (χ1n) is 7.14. The molecule has 1 aliphatic rings. The molecule has 1 saturated carbocycles. The zero-order chi connectivity index (χ0) is 15.8. The van der Waals surface area contributed by atoms with Gasteiger partial charge in [0.05, 0.1) is 5.69 Å². The smallest absolute Gasteiger partial charge is 0.361 e. The van der Waals surface area contributed by atoms with Crippen molar-refractivity contribution in [2.24, 2.45) is 0 Å². The quantitative estimate of drug-likeness (QED) is 0.848. The third-order valence-corrected chi connectivity index (χ3v) is 3.19. The number of carbonyl (C=O) groups excluding carboxylic acids is 2. The monoisotopic (exact) mass is 294 g/mol. The molecule has 0 aliphatic heterocycles. The molecular formula is C14H22N4O3. The highest BCUT2D eigenvalue weighted by Gasteiger charge is 2.29. The van der Waals surface area contributed by atoms with Crippen LogP contribution in [0.4, 0.5) is 0 Å². The first-order chi connectivity index (χ1) is 9.69. The molecule has 21 heavy (non-hydrogen) atoms. The van der Waals surface area contributed by atoms with Crippen LogP contribution in [-0.4, -0.2) is 38.5 Å². The Morgan fingerprint density at radius 2 is 2.00 bits per heavy atom. The average Bonchev–Trinajstić information content (AvgIpc) is 3.07. The van der Waals surface area contributed by atoms with Crippen LogP contribution in [0.5, 0.6) is 0 Å². The van der Waals surface area contributed by atoms with Crippen LogP contribution in [0.1, 0.15) is 62.8 Å². The van der Waals surface area contributed by atoms with E-state index in [-0.39, 0.29) is 17.6 Å². The maximum atomic E-state index is 12.0. The van der Waals surface area contributed by atoms with Gasteiger partial charge in [0.25, 0.3) is 0 Å². The Bertz CT molecular complexity index is 555. The summed E-state index contributed by atoms with van der Waals surface area (Å²) < 4.78 is 6.73. The number of carbonyl (C=O) groups is 2. The van der Waals surface area contributed by atoms with E-state index < -0.39 is 17.6 Å². The van der Waals surface area contributed by atoms with Crippen LogP contribution in [0.2, 0.25) is 0 Å². The molecule has 1 atom stereocenters. The van der Waals surface area contributed by atoms with Crippen molar-refractivity contribution in [3.8, 4) is 0 Å². The summed E-state index contributed by atoms with van der Waals surface area (Å²) in [6, 6.07) is -0.219. The summed E-state index contributed by atoms with van der Waals surface area (Å²) in [5.74, 6) is -0.637. The third kappa shape index (κ3) is 3.80. The molecule has 7 nitrogen and oxygen atoms in total. The second kappa shape index (κ2) is 5.46. The molecule has 1 amide bonds. The molecule has 0 radical (unpaired) electrons. The first-order valence-corrected chi connectivity index (χ1v) is 7.14. The maximum Gasteiger partial charge on any atom is 0.361 e. The van der Waals surface area contributed by atoms with Gasteiger partial charge in [0.2, 0.25) is 5.91 Å². The molecule has 0 spiro atoms. The fraction of sp³-hybridized carbons (Fsp3) is 0.714. The summed E-state index contributed by atoms with van der Waals surface area (Å²) in [4.78, 5) is 24.1. The van der Waals surface area contributed by atoms with Gasteiger partial charge in [-0.3, -0.25) is 4.79 Å². The van der Waals surface area contributed by atoms with Crippen molar-refractivity contribution in [3.05, 3.63) is 11.4 Å². The van der Waals surface area contributed by atoms with Gasteiger partial charge in [-0.1, -0.05) is 5.21 Å². The fourth-order valence-electron chi connectivity index (χ4n) is 1.88. The second-order valence-electron chi connectivity index (χ2n) is 6.43. The lowest BCUT2D eigenvalue weighted by Crippen LogP contribution is -2.33. The average molecular weight is 294 g/mol. The molecular weight excluding hydrogens is 272 g/mol. The number of ether oxygens (including phenoxy) is 1. The lowest BCUT2D eigenvalue weighted by atomic mass is 10.2. The minimum Gasteiger partial charge on any atom is -0.455 e. The highest BCUT2D eigenvalue weighted by molar-refractivity contribution is 5.89. The lowest BCUT2D eigenvalue weighted by molar-refractivity contribution is -0.124. The molecule has 1 fully saturated rings. The molecule has 0 aromatic carbocycles. The predicted molar refractivity (Wildman–Crippen MR) is 75.8 cm³/mol. The van der Waals surface area contributed by atoms with E-state index >= 15 is 0 Å². The molecule has 1 aromatic heterocycles. The van der Waals surface area contributed by atoms with Crippen LogP contribution in [-0.2, 0) is 9.53 Å². The SMILES string of the molecule is Cc1c(C(=O)OC(C)(C)C)nnn1C(C)C(=O)NC1CC1. The number of hydrogen-bond donors (Lipinski definition) is 1. The van der Waals surface area contributed by atoms with Crippen molar-refractivity contribution < 1.29 is 14.3 Å². The minimum absolute atomic E-state index is 0.110. The van der Waals surface area contributed by atoms with E-state index in [2.05, 4.69) is 15.6 Å². The Morgan fingerprint density at radius 3 is 2.52 bits per heavy atom. The van der Waals surface area contributed by atoms with Gasteiger partial charge in [0.15, 0.2) is 5.69 Å². The molecule has 1 aromatic rings. The van der Waals surface area contributed by atoms with Gasteiger partial charge in [-0.25, -0.2) is 9.48 Å². The van der Waals surface area contributed by atoms with Gasteiger partial charge in [-0.05, 0) is 47.5 Å². The standard InChI is InChI=1S/C14H22N4O3/c1-8-11(13(20)21-14(3,4)5)16-17-18(8)9(2)12(19)15-10-6-7-10/h9-10H,6-7H2,1-5H3,(H,15,19). The second-order valence-corrected chi connectivity index (χ2v) is 6.43. The molecule has 2 rings (SSSR count). The van der Waals surface area contributed by atoms with E-state index in [4.69, 9.17) is 4.74 Å². The van der Waals surface area contributed by atoms with E-state index in [1.165, 1.54) is 4.68 Å². The largest absolute Gasteiger partial charge is 0.455 e. The number of aromatic nitrogens is 3. The van der Waals surface area contributed by atoms with Crippen molar-refractivity contribution in [3.63, 3.8) is 0 Å². The maximum absolute atomic E-state index is 12.0. The topological polar surface area (TPSA) is 86.1 Å². The molecule has 0 saturated heterocycles. The summed E-state index contributed by atoms with van der Waals surface area (Å²) >= 11 is 0. The van der Waals surface area contributed by atoms with Crippen LogP contribution < -0.4 is 5.32 Å². The van der Waals surface area contributed by atoms with Crippen molar-refractivity contribution in [2.45, 2.75) is 65.1 Å². The number of esters is 1. The van der Waals surface area contributed by atoms with E-state index in [0.717, 1.165) is 12.8 Å². The van der Waals surface area contributed by atoms with Crippen molar-refractivity contribution in [1.82, 2.24) is 20.3 Å². The summed E-state index contributed by atoms with van der Waals surface area (Å²) in [7, 11) is 0. The normalized spacial score (nSPS) is 16.4. The van der Waals surface area contributed by atoms with Crippen LogP contribution in [0.25, 0.3) is 0 Å². The Labute approximate surface area is 124 Å². The lowest BCUT2D eigenvalue weighted by Gasteiger charge is -2.18. The number of amides is 1. The summed E-state index contributed by atoms with van der Waals surface area (Å²) in [5.41, 5.74) is 0.0844. The van der Waals surface area contributed by atoms with Gasteiger partial charge in [-0.15, -0.1) is 5.10 Å². The zero-order valence-electron chi connectivity index (χ0n) is 13.1. The molecule has 7 heteroatoms. The zero-order valence-corrected chi connectivity index (χ0v) is 13.1. The van der Waals surface area contributed by atoms with Crippen molar-refractivity contribution in [1.29, 1.82) is 0 Å². The summed E-state index contributed by atoms with van der Waals surface area (Å²) in [6.07, 6.45) is 2.05. The van der Waals surface area contributed by atoms with Crippen LogP contribution >= 0.6 is 0 Å². The highest BCUT2D eigenvalue weighted by atomic mass is 16.6. The van der Waals surface area contributed by atoms with Gasteiger partial charge in [-0.2, -0.15) is 0 Å². The molecule has 116 valence electrons. The first kappa shape index (κ1) is 15.5. The van der Waals surface area contributed by atoms with E-state index in [0.29, 0.717) is 5.69 Å². The Morgan fingerprint density at radius 1 is 1.38 bits per heavy atom. The van der Waals surface area contributed by atoms with E-state index in [1.807, 2.05) is 0 Å². The van der Waals surface area contributed by atoms with Gasteiger partial charge < -0.3 is 10.1 Å². The number of nitrogens with zero attached hydrogens (tertiary/aromatic N) is 3. The van der Waals surface area contributed by atoms with E-state index in [9.17, 15) is 9.59 Å². The van der Waals surface area contributed by atoms with Gasteiger partial charge in [0.1, 0.15) is 11.6 Å². The van der Waals surface area contributed by atoms with E-state index in [1.54, 1.807) is 34.6 Å². The third-order valence-electron chi connectivity index (χ3n) is 3.19. The Balaban J connectivity index is 2.11. The van der Waals surface area contributed by atoms with Crippen LogP contribution in [0.15, 0.2) is 0 Å². The van der Waals surface area contributed by atoms with Crippen molar-refractivity contribution >= 4 is 11.9 Å². The van der Waals surface area contributed by atoms with Crippen LogP contribution in [0.3, 0.4) is 0 Å². The van der Waals surface area contributed by atoms with Crippen LogP contribution in [0, 0.1) is 6.92 Å². The highest BCUT2D eigenvalue weighted by Crippen LogP contribution is 2.21. The minimum atomic E-state index is -0.595. The Hall–Kier alpha value is -1.92. The molecule has 1 N–H and O–H groups in total. The predicted octanol–water partition coefficient (Wildman–Crippen LogP) is 1.38. The molecule has 1 aliphatic carbocycles. The summed E-state index contributed by atoms with van der Waals surface area (Å²) in [5, 5.41) is 10.7.